The zero-order valence-electron chi connectivity index (χ0n) is 12.8. The lowest BCUT2D eigenvalue weighted by Crippen LogP contribution is -2.46. The van der Waals surface area contributed by atoms with Gasteiger partial charge in [0.15, 0.2) is 5.82 Å². The van der Waals surface area contributed by atoms with Crippen molar-refractivity contribution in [3.8, 4) is 0 Å². The lowest BCUT2D eigenvalue weighted by atomic mass is 10.1. The van der Waals surface area contributed by atoms with Crippen molar-refractivity contribution in [1.82, 2.24) is 9.88 Å². The van der Waals surface area contributed by atoms with Crippen molar-refractivity contribution in [1.29, 1.82) is 0 Å². The van der Waals surface area contributed by atoms with E-state index in [1.807, 2.05) is 11.0 Å². The molecule has 0 aliphatic carbocycles. The first-order valence-corrected chi connectivity index (χ1v) is 7.70. The smallest absolute Gasteiger partial charge is 0.247 e. The number of hydrogen-bond acceptors (Lipinski definition) is 4. The molecule has 0 bridgehead atoms. The second-order valence-corrected chi connectivity index (χ2v) is 5.73. The SMILES string of the molecule is O=c1ccc(CN2CCN(c3cccc(CO)c3F)CC2)c[nH]1. The van der Waals surface area contributed by atoms with Gasteiger partial charge in [0.05, 0.1) is 12.3 Å². The van der Waals surface area contributed by atoms with E-state index in [0.29, 0.717) is 11.3 Å². The second kappa shape index (κ2) is 6.93. The monoisotopic (exact) mass is 317 g/mol. The van der Waals surface area contributed by atoms with Crippen LogP contribution in [0.15, 0.2) is 41.3 Å². The van der Waals surface area contributed by atoms with Crippen molar-refractivity contribution in [2.45, 2.75) is 13.2 Å². The molecule has 2 aromatic rings. The number of anilines is 1. The Labute approximate surface area is 134 Å². The van der Waals surface area contributed by atoms with E-state index in [-0.39, 0.29) is 18.0 Å². The fourth-order valence-electron chi connectivity index (χ4n) is 2.88. The molecule has 0 amide bonds. The van der Waals surface area contributed by atoms with Crippen LogP contribution in [0, 0.1) is 5.82 Å². The average molecular weight is 317 g/mol. The van der Waals surface area contributed by atoms with Crippen molar-refractivity contribution in [2.75, 3.05) is 31.1 Å². The Bertz CT molecular complexity index is 704. The lowest BCUT2D eigenvalue weighted by Gasteiger charge is -2.36. The molecule has 0 unspecified atom stereocenters. The lowest BCUT2D eigenvalue weighted by molar-refractivity contribution is 0.248. The third kappa shape index (κ3) is 3.60. The number of benzene rings is 1. The normalized spacial score (nSPS) is 15.8. The highest BCUT2D eigenvalue weighted by molar-refractivity contribution is 5.50. The largest absolute Gasteiger partial charge is 0.392 e. The number of hydrogen-bond donors (Lipinski definition) is 2. The number of aliphatic hydroxyl groups excluding tert-OH is 1. The minimum Gasteiger partial charge on any atom is -0.392 e. The van der Waals surface area contributed by atoms with Gasteiger partial charge in [-0.3, -0.25) is 9.69 Å². The van der Waals surface area contributed by atoms with Crippen LogP contribution in [0.4, 0.5) is 10.1 Å². The Kier molecular flexibility index (Phi) is 4.73. The molecule has 2 N–H and O–H groups in total. The number of aromatic nitrogens is 1. The number of nitrogens with one attached hydrogen (secondary N) is 1. The molecule has 0 spiro atoms. The molecule has 23 heavy (non-hydrogen) atoms. The summed E-state index contributed by atoms with van der Waals surface area (Å²) in [7, 11) is 0. The Morgan fingerprint density at radius 3 is 2.57 bits per heavy atom. The van der Waals surface area contributed by atoms with Crippen molar-refractivity contribution in [3.05, 3.63) is 63.8 Å². The van der Waals surface area contributed by atoms with E-state index in [2.05, 4.69) is 9.88 Å². The maximum absolute atomic E-state index is 14.3. The summed E-state index contributed by atoms with van der Waals surface area (Å²) >= 11 is 0. The highest BCUT2D eigenvalue weighted by Crippen LogP contribution is 2.23. The first-order valence-electron chi connectivity index (χ1n) is 7.70. The molecule has 122 valence electrons. The minimum absolute atomic E-state index is 0.0993. The first-order chi connectivity index (χ1) is 11.2. The van der Waals surface area contributed by atoms with E-state index in [0.717, 1.165) is 38.3 Å². The second-order valence-electron chi connectivity index (χ2n) is 5.73. The van der Waals surface area contributed by atoms with E-state index in [1.165, 1.54) is 6.07 Å². The quantitative estimate of drug-likeness (QED) is 0.893. The predicted molar refractivity (Wildman–Crippen MR) is 86.9 cm³/mol. The molecule has 0 radical (unpaired) electrons. The van der Waals surface area contributed by atoms with Crippen LogP contribution in [0.25, 0.3) is 0 Å². The Morgan fingerprint density at radius 1 is 1.13 bits per heavy atom. The highest BCUT2D eigenvalue weighted by atomic mass is 19.1. The van der Waals surface area contributed by atoms with Gasteiger partial charge in [0.1, 0.15) is 0 Å². The average Bonchev–Trinajstić information content (AvgIpc) is 2.58. The van der Waals surface area contributed by atoms with Crippen LogP contribution in [-0.4, -0.2) is 41.2 Å². The Morgan fingerprint density at radius 2 is 1.91 bits per heavy atom. The van der Waals surface area contributed by atoms with Gasteiger partial charge < -0.3 is 15.0 Å². The summed E-state index contributed by atoms with van der Waals surface area (Å²) < 4.78 is 14.3. The van der Waals surface area contributed by atoms with Crippen LogP contribution >= 0.6 is 0 Å². The molecular formula is C17H20FN3O2. The van der Waals surface area contributed by atoms with Crippen molar-refractivity contribution in [2.24, 2.45) is 0 Å². The van der Waals surface area contributed by atoms with Gasteiger partial charge in [-0.05, 0) is 11.6 Å². The van der Waals surface area contributed by atoms with E-state index in [1.54, 1.807) is 24.4 Å². The van der Waals surface area contributed by atoms with E-state index in [4.69, 9.17) is 0 Å². The molecule has 1 aliphatic rings. The zero-order valence-corrected chi connectivity index (χ0v) is 12.8. The van der Waals surface area contributed by atoms with Gasteiger partial charge in [-0.15, -0.1) is 0 Å². The zero-order chi connectivity index (χ0) is 16.2. The highest BCUT2D eigenvalue weighted by Gasteiger charge is 2.20. The van der Waals surface area contributed by atoms with Crippen LogP contribution in [-0.2, 0) is 13.2 Å². The van der Waals surface area contributed by atoms with Crippen molar-refractivity contribution < 1.29 is 9.50 Å². The van der Waals surface area contributed by atoms with E-state index in [9.17, 15) is 14.3 Å². The standard InChI is InChI=1S/C17H20FN3O2/c18-17-14(12-22)2-1-3-15(17)21-8-6-20(7-9-21)11-13-4-5-16(23)19-10-13/h1-5,10,22H,6-9,11-12H2,(H,19,23). The van der Waals surface area contributed by atoms with Crippen LogP contribution in [0.3, 0.4) is 0 Å². The van der Waals surface area contributed by atoms with Crippen LogP contribution < -0.4 is 10.5 Å². The molecule has 2 heterocycles. The van der Waals surface area contributed by atoms with Gasteiger partial charge in [-0.25, -0.2) is 4.39 Å². The molecule has 1 aliphatic heterocycles. The summed E-state index contributed by atoms with van der Waals surface area (Å²) in [6.45, 7) is 3.59. The molecule has 6 heteroatoms. The van der Waals surface area contributed by atoms with E-state index < -0.39 is 0 Å². The van der Waals surface area contributed by atoms with Crippen molar-refractivity contribution >= 4 is 5.69 Å². The molecule has 1 saturated heterocycles. The molecule has 1 aromatic heterocycles. The van der Waals surface area contributed by atoms with E-state index >= 15 is 0 Å². The number of aliphatic hydroxyl groups is 1. The fourth-order valence-corrected chi connectivity index (χ4v) is 2.88. The van der Waals surface area contributed by atoms with Crippen LogP contribution in [0.1, 0.15) is 11.1 Å². The summed E-state index contributed by atoms with van der Waals surface area (Å²) in [5.74, 6) is -0.330. The number of H-pyrrole nitrogens is 1. The van der Waals surface area contributed by atoms with Crippen LogP contribution in [0.5, 0.6) is 0 Å². The minimum atomic E-state index is -0.330. The number of piperazine rings is 1. The molecule has 3 rings (SSSR count). The fraction of sp³-hybridized carbons (Fsp3) is 0.353. The predicted octanol–water partition coefficient (Wildman–Crippen LogP) is 1.33. The molecular weight excluding hydrogens is 297 g/mol. The van der Waals surface area contributed by atoms with Gasteiger partial charge in [0.2, 0.25) is 5.56 Å². The number of aromatic amines is 1. The third-order valence-corrected chi connectivity index (χ3v) is 4.20. The van der Waals surface area contributed by atoms with Gasteiger partial charge in [-0.1, -0.05) is 18.2 Å². The maximum atomic E-state index is 14.3. The Hall–Kier alpha value is -2.18. The summed E-state index contributed by atoms with van der Waals surface area (Å²) in [4.78, 5) is 18.0. The van der Waals surface area contributed by atoms with Gasteiger partial charge in [-0.2, -0.15) is 0 Å². The molecule has 0 atom stereocenters. The van der Waals surface area contributed by atoms with Crippen LogP contribution in [0.2, 0.25) is 0 Å². The maximum Gasteiger partial charge on any atom is 0.247 e. The molecule has 1 fully saturated rings. The summed E-state index contributed by atoms with van der Waals surface area (Å²) in [5.41, 5.74) is 1.85. The summed E-state index contributed by atoms with van der Waals surface area (Å²) in [6, 6.07) is 8.49. The third-order valence-electron chi connectivity index (χ3n) is 4.20. The number of nitrogens with zero attached hydrogens (tertiary/aromatic N) is 2. The summed E-state index contributed by atoms with van der Waals surface area (Å²) in [5, 5.41) is 9.17. The molecule has 0 saturated carbocycles. The number of halogens is 1. The number of pyridine rings is 1. The topological polar surface area (TPSA) is 59.6 Å². The first kappa shape index (κ1) is 15.7. The number of rotatable bonds is 4. The summed E-state index contributed by atoms with van der Waals surface area (Å²) in [6.07, 6.45) is 1.74. The van der Waals surface area contributed by atoms with Gasteiger partial charge >= 0.3 is 0 Å². The van der Waals surface area contributed by atoms with Crippen molar-refractivity contribution in [3.63, 3.8) is 0 Å². The van der Waals surface area contributed by atoms with Gasteiger partial charge in [0.25, 0.3) is 0 Å². The molecule has 1 aromatic carbocycles. The van der Waals surface area contributed by atoms with Gasteiger partial charge in [0, 0.05) is 50.6 Å². The Balaban J connectivity index is 1.62. The molecule has 5 nitrogen and oxygen atoms in total.